The van der Waals surface area contributed by atoms with Crippen LogP contribution in [-0.2, 0) is 5.75 Å². The Kier molecular flexibility index (Phi) is 3.60. The summed E-state index contributed by atoms with van der Waals surface area (Å²) in [7, 11) is 0. The zero-order valence-corrected chi connectivity index (χ0v) is 8.04. The molecule has 0 bridgehead atoms. The van der Waals surface area contributed by atoms with Crippen molar-refractivity contribution in [1.82, 2.24) is 0 Å². The third-order valence-electron chi connectivity index (χ3n) is 1.28. The molecule has 0 saturated carbocycles. The highest BCUT2D eigenvalue weighted by molar-refractivity contribution is 8.22. The second-order valence-corrected chi connectivity index (χ2v) is 4.33. The van der Waals surface area contributed by atoms with Gasteiger partial charge in [0.25, 0.3) is 0 Å². The summed E-state index contributed by atoms with van der Waals surface area (Å²) in [5, 5.41) is 0. The first-order chi connectivity index (χ1) is 5.29. The standard InChI is InChI=1S/C9H10S2/c1-8(10)11-7-9-5-3-2-4-6-9/h2-6H,7H2,1H3. The lowest BCUT2D eigenvalue weighted by Crippen LogP contribution is -1.81. The maximum atomic E-state index is 4.96. The Bertz CT molecular complexity index is 229. The maximum absolute atomic E-state index is 4.96. The predicted octanol–water partition coefficient (Wildman–Crippen LogP) is 3.27. The summed E-state index contributed by atoms with van der Waals surface area (Å²) in [5.74, 6) is 0.996. The Morgan fingerprint density at radius 1 is 1.36 bits per heavy atom. The van der Waals surface area contributed by atoms with Gasteiger partial charge in [-0.15, -0.1) is 11.8 Å². The molecule has 0 aliphatic heterocycles. The minimum atomic E-state index is 0.996. The molecule has 1 aromatic rings. The molecule has 0 aliphatic carbocycles. The summed E-state index contributed by atoms with van der Waals surface area (Å²) in [6, 6.07) is 10.4. The van der Waals surface area contributed by atoms with E-state index in [2.05, 4.69) is 24.3 Å². The van der Waals surface area contributed by atoms with Crippen LogP contribution in [0.5, 0.6) is 0 Å². The van der Waals surface area contributed by atoms with Gasteiger partial charge in [-0.05, 0) is 12.5 Å². The van der Waals surface area contributed by atoms with E-state index in [1.807, 2.05) is 13.0 Å². The lowest BCUT2D eigenvalue weighted by atomic mass is 10.2. The van der Waals surface area contributed by atoms with Crippen LogP contribution in [0.4, 0.5) is 0 Å². The zero-order chi connectivity index (χ0) is 8.10. The average Bonchev–Trinajstić information content (AvgIpc) is 2.03. The minimum Gasteiger partial charge on any atom is -0.114 e. The van der Waals surface area contributed by atoms with Gasteiger partial charge in [-0.2, -0.15) is 0 Å². The van der Waals surface area contributed by atoms with Crippen LogP contribution >= 0.6 is 24.0 Å². The first-order valence-corrected chi connectivity index (χ1v) is 4.86. The monoisotopic (exact) mass is 182 g/mol. The van der Waals surface area contributed by atoms with Gasteiger partial charge in [-0.1, -0.05) is 42.5 Å². The quantitative estimate of drug-likeness (QED) is 0.644. The van der Waals surface area contributed by atoms with Gasteiger partial charge in [-0.25, -0.2) is 0 Å². The number of thiocarbonyl (C=S) groups is 1. The third-order valence-corrected chi connectivity index (χ3v) is 2.52. The van der Waals surface area contributed by atoms with Crippen molar-refractivity contribution < 1.29 is 0 Å². The topological polar surface area (TPSA) is 0 Å². The van der Waals surface area contributed by atoms with Crippen LogP contribution in [0.15, 0.2) is 30.3 Å². The second-order valence-electron chi connectivity index (χ2n) is 2.27. The van der Waals surface area contributed by atoms with Crippen LogP contribution in [0.25, 0.3) is 0 Å². The van der Waals surface area contributed by atoms with E-state index in [0.29, 0.717) is 0 Å². The van der Waals surface area contributed by atoms with E-state index < -0.39 is 0 Å². The van der Waals surface area contributed by atoms with Crippen molar-refractivity contribution in [2.24, 2.45) is 0 Å². The normalized spacial score (nSPS) is 9.55. The highest BCUT2D eigenvalue weighted by atomic mass is 32.2. The van der Waals surface area contributed by atoms with Crippen molar-refractivity contribution in [2.75, 3.05) is 0 Å². The van der Waals surface area contributed by atoms with Crippen LogP contribution < -0.4 is 0 Å². The fraction of sp³-hybridized carbons (Fsp3) is 0.222. The van der Waals surface area contributed by atoms with Crippen LogP contribution in [0.1, 0.15) is 12.5 Å². The molecule has 0 atom stereocenters. The molecule has 0 spiro atoms. The van der Waals surface area contributed by atoms with E-state index in [-0.39, 0.29) is 0 Å². The van der Waals surface area contributed by atoms with Crippen LogP contribution in [-0.4, -0.2) is 4.20 Å². The molecule has 0 amide bonds. The van der Waals surface area contributed by atoms with Gasteiger partial charge < -0.3 is 0 Å². The van der Waals surface area contributed by atoms with Crippen molar-refractivity contribution in [1.29, 1.82) is 0 Å². The summed E-state index contributed by atoms with van der Waals surface area (Å²) in [5.41, 5.74) is 1.33. The first-order valence-electron chi connectivity index (χ1n) is 3.46. The van der Waals surface area contributed by atoms with E-state index in [9.17, 15) is 0 Å². The summed E-state index contributed by atoms with van der Waals surface area (Å²) in [6.07, 6.45) is 0. The van der Waals surface area contributed by atoms with Gasteiger partial charge in [0, 0.05) is 9.95 Å². The van der Waals surface area contributed by atoms with Crippen molar-refractivity contribution in [3.05, 3.63) is 35.9 Å². The molecule has 2 heteroatoms. The van der Waals surface area contributed by atoms with E-state index >= 15 is 0 Å². The molecular formula is C9H10S2. The molecule has 0 heterocycles. The molecule has 1 aromatic carbocycles. The highest BCUT2D eigenvalue weighted by Gasteiger charge is 1.91. The summed E-state index contributed by atoms with van der Waals surface area (Å²) < 4.78 is 1.01. The van der Waals surface area contributed by atoms with Crippen molar-refractivity contribution in [3.63, 3.8) is 0 Å². The zero-order valence-electron chi connectivity index (χ0n) is 6.41. The van der Waals surface area contributed by atoms with E-state index in [1.165, 1.54) is 5.56 Å². The maximum Gasteiger partial charge on any atom is 0.0450 e. The van der Waals surface area contributed by atoms with Gasteiger partial charge in [0.1, 0.15) is 0 Å². The summed E-state index contributed by atoms with van der Waals surface area (Å²) >= 11 is 6.67. The molecule has 0 N–H and O–H groups in total. The number of thioether (sulfide) groups is 1. The Balaban J connectivity index is 2.45. The number of rotatable bonds is 2. The Labute approximate surface area is 77.0 Å². The molecule has 0 nitrogen and oxygen atoms in total. The van der Waals surface area contributed by atoms with E-state index in [1.54, 1.807) is 11.8 Å². The van der Waals surface area contributed by atoms with Crippen molar-refractivity contribution >= 4 is 28.2 Å². The fourth-order valence-corrected chi connectivity index (χ4v) is 1.50. The van der Waals surface area contributed by atoms with E-state index in [4.69, 9.17) is 12.2 Å². The molecule has 0 unspecified atom stereocenters. The lowest BCUT2D eigenvalue weighted by molar-refractivity contribution is 1.43. The molecule has 0 fully saturated rings. The summed E-state index contributed by atoms with van der Waals surface area (Å²) in [6.45, 7) is 1.96. The van der Waals surface area contributed by atoms with Gasteiger partial charge in [0.05, 0.1) is 0 Å². The Hall–Kier alpha value is -0.340. The summed E-state index contributed by atoms with van der Waals surface area (Å²) in [4.78, 5) is 0. The van der Waals surface area contributed by atoms with E-state index in [0.717, 1.165) is 9.95 Å². The SMILES string of the molecule is CC(=S)SCc1ccccc1. The molecule has 58 valence electrons. The Morgan fingerprint density at radius 2 is 2.00 bits per heavy atom. The average molecular weight is 182 g/mol. The smallest absolute Gasteiger partial charge is 0.0450 e. The third kappa shape index (κ3) is 3.54. The van der Waals surface area contributed by atoms with Crippen molar-refractivity contribution in [3.8, 4) is 0 Å². The fourth-order valence-electron chi connectivity index (χ4n) is 0.759. The molecule has 0 aliphatic rings. The van der Waals surface area contributed by atoms with Gasteiger partial charge in [-0.3, -0.25) is 0 Å². The van der Waals surface area contributed by atoms with Crippen LogP contribution in [0.2, 0.25) is 0 Å². The Morgan fingerprint density at radius 3 is 2.55 bits per heavy atom. The molecule has 0 saturated heterocycles. The van der Waals surface area contributed by atoms with Gasteiger partial charge in [0.2, 0.25) is 0 Å². The van der Waals surface area contributed by atoms with Crippen LogP contribution in [0, 0.1) is 0 Å². The second kappa shape index (κ2) is 4.52. The largest absolute Gasteiger partial charge is 0.114 e. The highest BCUT2D eigenvalue weighted by Crippen LogP contribution is 2.12. The molecule has 1 rings (SSSR count). The van der Waals surface area contributed by atoms with Crippen LogP contribution in [0.3, 0.4) is 0 Å². The molecule has 0 aromatic heterocycles. The molecule has 11 heavy (non-hydrogen) atoms. The lowest BCUT2D eigenvalue weighted by Gasteiger charge is -1.97. The minimum absolute atomic E-state index is 0.996. The first kappa shape index (κ1) is 8.75. The predicted molar refractivity (Wildman–Crippen MR) is 56.0 cm³/mol. The number of hydrogen-bond donors (Lipinski definition) is 0. The van der Waals surface area contributed by atoms with Gasteiger partial charge >= 0.3 is 0 Å². The number of hydrogen-bond acceptors (Lipinski definition) is 2. The molecule has 0 radical (unpaired) electrons. The molecular weight excluding hydrogens is 172 g/mol. The van der Waals surface area contributed by atoms with Gasteiger partial charge in [0.15, 0.2) is 0 Å². The number of benzene rings is 1. The van der Waals surface area contributed by atoms with Crippen molar-refractivity contribution in [2.45, 2.75) is 12.7 Å².